The molecule has 622 valence electrons. The van der Waals surface area contributed by atoms with Crippen LogP contribution in [0.5, 0.6) is 17.2 Å². The number of nitrogens with zero attached hydrogens (tertiary/aromatic N) is 2. The fourth-order valence-electron chi connectivity index (χ4n) is 13.5. The van der Waals surface area contributed by atoms with Crippen LogP contribution in [0.4, 0.5) is 0 Å². The topological polar surface area (TPSA) is 391 Å². The highest BCUT2D eigenvalue weighted by atomic mass is 35.5. The lowest BCUT2D eigenvalue weighted by Crippen LogP contribution is -2.37. The highest BCUT2D eigenvalue weighted by Gasteiger charge is 2.27. The van der Waals surface area contributed by atoms with Crippen LogP contribution in [0.2, 0.25) is 15.1 Å². The molecule has 27 nitrogen and oxygen atoms in total. The lowest BCUT2D eigenvalue weighted by atomic mass is 9.91. The minimum Gasteiger partial charge on any atom is -0.494 e. The Hall–Kier alpha value is -10.1. The lowest BCUT2D eigenvalue weighted by molar-refractivity contribution is 0.0916. The van der Waals surface area contributed by atoms with Crippen molar-refractivity contribution in [3.63, 3.8) is 0 Å². The van der Waals surface area contributed by atoms with E-state index in [1.54, 1.807) is 0 Å². The number of amides is 5. The van der Waals surface area contributed by atoms with E-state index < -0.39 is 82.1 Å². The van der Waals surface area contributed by atoms with Crippen LogP contribution < -0.4 is 43.7 Å². The first-order valence-electron chi connectivity index (χ1n) is 38.0. The number of rotatable bonds is 35. The van der Waals surface area contributed by atoms with Crippen LogP contribution in [0.15, 0.2) is 151 Å². The van der Waals surface area contributed by atoms with Crippen LogP contribution in [0.3, 0.4) is 0 Å². The minimum atomic E-state index is -4.04. The summed E-state index contributed by atoms with van der Waals surface area (Å²) in [6.07, 6.45) is 13.2. The van der Waals surface area contributed by atoms with E-state index in [0.29, 0.717) is 114 Å². The van der Waals surface area contributed by atoms with Crippen LogP contribution in [0, 0.1) is 47.5 Å². The summed E-state index contributed by atoms with van der Waals surface area (Å²) in [6, 6.07) is 38.0. The van der Waals surface area contributed by atoms with E-state index in [-0.39, 0.29) is 48.2 Å². The second kappa shape index (κ2) is 41.8. The minimum absolute atomic E-state index is 0.00247. The molecule has 1 aliphatic rings. The number of H-pyrrole nitrogens is 3. The molecule has 0 aliphatic heterocycles. The summed E-state index contributed by atoms with van der Waals surface area (Å²) in [5, 5.41) is 13.0. The number of aromatic nitrogens is 5. The third-order valence-corrected chi connectivity index (χ3v) is 26.1. The molecule has 0 bridgehead atoms. The number of para-hydroxylation sites is 3. The largest absolute Gasteiger partial charge is 0.494 e. The first-order chi connectivity index (χ1) is 55.9. The van der Waals surface area contributed by atoms with Crippen molar-refractivity contribution in [2.24, 2.45) is 5.92 Å². The zero-order valence-electron chi connectivity index (χ0n) is 65.5. The van der Waals surface area contributed by atoms with Crippen molar-refractivity contribution in [3.05, 3.63) is 240 Å². The Kier molecular flexibility index (Phi) is 31.9. The Labute approximate surface area is 697 Å². The number of ether oxygens (including phenoxy) is 3. The van der Waals surface area contributed by atoms with Crippen LogP contribution in [0.25, 0.3) is 32.7 Å². The molecule has 11 aromatic rings. The second-order valence-electron chi connectivity index (χ2n) is 28.3. The first kappa shape index (κ1) is 89.2. The van der Waals surface area contributed by atoms with E-state index in [4.69, 9.17) is 53.5 Å². The molecule has 0 radical (unpaired) electrons. The van der Waals surface area contributed by atoms with Gasteiger partial charge in [0, 0.05) is 97.2 Å². The monoisotopic (exact) mass is 1730 g/mol. The van der Waals surface area contributed by atoms with E-state index >= 15 is 0 Å². The van der Waals surface area contributed by atoms with Gasteiger partial charge in [0.05, 0.1) is 54.3 Å². The number of benzene rings is 6. The van der Waals surface area contributed by atoms with E-state index in [1.807, 2.05) is 151 Å². The number of sulfonamides is 3. The second-order valence-corrected chi connectivity index (χ2v) is 36.3. The summed E-state index contributed by atoms with van der Waals surface area (Å²) in [5.74, 6) is -1.51. The zero-order valence-corrected chi connectivity index (χ0v) is 71.0. The summed E-state index contributed by atoms with van der Waals surface area (Å²) >= 11 is 18.7. The first-order valence-corrected chi connectivity index (χ1v) is 45.4. The van der Waals surface area contributed by atoms with Gasteiger partial charge in [0.15, 0.2) is 0 Å². The number of aromatic amines is 3. The van der Waals surface area contributed by atoms with Crippen molar-refractivity contribution in [2.45, 2.75) is 112 Å². The van der Waals surface area contributed by atoms with Crippen molar-refractivity contribution in [2.75, 3.05) is 62.5 Å². The van der Waals surface area contributed by atoms with Gasteiger partial charge in [-0.1, -0.05) is 114 Å². The number of nitrogens with one attached hydrogen (secondary N) is 9. The van der Waals surface area contributed by atoms with E-state index in [9.17, 15) is 53.4 Å². The number of halogens is 3. The van der Waals surface area contributed by atoms with Crippen molar-refractivity contribution < 1.29 is 72.2 Å². The molecule has 12 rings (SSSR count). The number of hydrogen-bond acceptors (Lipinski definition) is 18. The Morgan fingerprint density at radius 2 is 0.812 bits per heavy atom. The van der Waals surface area contributed by atoms with E-state index in [2.05, 4.69) is 54.6 Å². The summed E-state index contributed by atoms with van der Waals surface area (Å²) in [4.78, 5) is 76.3. The number of aryl methyl sites for hydroxylation is 9. The van der Waals surface area contributed by atoms with Crippen LogP contribution in [-0.2, 0) is 60.3 Å². The molecule has 1 fully saturated rings. The smallest absolute Gasteiger partial charge is 0.289 e. The van der Waals surface area contributed by atoms with Gasteiger partial charge in [-0.2, -0.15) is 0 Å². The Bertz CT molecular complexity index is 5670. The highest BCUT2D eigenvalue weighted by molar-refractivity contribution is 7.90. The van der Waals surface area contributed by atoms with Gasteiger partial charge in [0.2, 0.25) is 35.8 Å². The Morgan fingerprint density at radius 3 is 1.17 bits per heavy atom. The third kappa shape index (κ3) is 25.7. The van der Waals surface area contributed by atoms with Gasteiger partial charge in [-0.3, -0.25) is 29.0 Å². The maximum absolute atomic E-state index is 13.1. The van der Waals surface area contributed by atoms with Crippen molar-refractivity contribution >= 4 is 138 Å². The quantitative estimate of drug-likeness (QED) is 0.0167. The maximum Gasteiger partial charge on any atom is 0.289 e. The van der Waals surface area contributed by atoms with Gasteiger partial charge in [0.25, 0.3) is 29.5 Å². The van der Waals surface area contributed by atoms with Crippen LogP contribution in [0.1, 0.15) is 154 Å². The molecular formula is C83H94Cl3N11O16S4. The number of fused-ring (bicyclic) bond motifs is 3. The number of carbonyl (C=O) groups is 5. The molecule has 5 amide bonds. The van der Waals surface area contributed by atoms with Gasteiger partial charge in [-0.05, 0) is 216 Å². The third-order valence-electron chi connectivity index (χ3n) is 19.3. The van der Waals surface area contributed by atoms with Crippen molar-refractivity contribution in [3.8, 4) is 17.2 Å². The number of carbonyl (C=O) groups excluding carboxylic acids is 5. The number of hydrogen-bond donors (Lipinski definition) is 9. The molecular weight excluding hydrogens is 1640 g/mol. The van der Waals surface area contributed by atoms with Crippen LogP contribution in [-0.4, -0.2) is 147 Å². The molecule has 5 heterocycles. The van der Waals surface area contributed by atoms with Gasteiger partial charge < -0.3 is 44.3 Å². The summed E-state index contributed by atoms with van der Waals surface area (Å²) in [7, 11) is -13.3. The Balaban J connectivity index is 0.000000185. The fourth-order valence-corrected chi connectivity index (χ4v) is 17.8. The lowest BCUT2D eigenvalue weighted by Gasteiger charge is -2.20. The van der Waals surface area contributed by atoms with Crippen LogP contribution >= 0.6 is 34.8 Å². The van der Waals surface area contributed by atoms with Gasteiger partial charge in [-0.15, -0.1) is 0 Å². The molecule has 1 saturated carbocycles. The van der Waals surface area contributed by atoms with Gasteiger partial charge >= 0.3 is 0 Å². The number of pyridine rings is 1. The molecule has 34 heteroatoms. The summed E-state index contributed by atoms with van der Waals surface area (Å²) < 4.78 is 120. The SMILES string of the molecule is Cc1cc(OCCCc2c(C(=O)NS(=O)(=O)CCNC(=O)c3ccncc3)[nH]c3ccccc23)cc(C)c1Cl.Cc1cc(OCCCc2c(C(=O)NS(=O)(=O)CCNC(=O)c3ccno3)[nH]c3ccccc23)cc(C)c1Cl.Cc1cc(OCCCc2c(C(=O)NS(=O)(=O)CCNS(=O)CC3CCCCC3)[nH]c3ccccc23)cc(C)c1Cl. The molecule has 9 N–H and O–H groups in total. The summed E-state index contributed by atoms with van der Waals surface area (Å²) in [5.41, 5.74) is 10.9. The molecule has 0 spiro atoms. The average Bonchev–Trinajstić information content (AvgIpc) is 1.65. The average molecular weight is 1740 g/mol. The predicted molar refractivity (Wildman–Crippen MR) is 456 cm³/mol. The highest BCUT2D eigenvalue weighted by Crippen LogP contribution is 2.32. The molecule has 1 unspecified atom stereocenters. The maximum atomic E-state index is 13.1. The molecule has 0 saturated heterocycles. The van der Waals surface area contributed by atoms with Gasteiger partial charge in [-0.25, -0.2) is 48.4 Å². The fraction of sp³-hybridized carbons (Fsp3) is 0.337. The predicted octanol–water partition coefficient (Wildman–Crippen LogP) is 13.6. The standard InChI is InChI=1S/C29H38ClN3O5S2.C28H29ClN4O5S.C26H27ClN4O6S/c1-20-17-23(18-21(2)27(20)30)38-15-8-12-25-24-11-6-7-13-26(24)32-28(25)29(34)33-40(36,37)16-14-31-39(35)19-22-9-4-3-5-10-22;1-18-16-21(17-19(2)25(18)29)38-14-5-7-23-22-6-3-4-8-24(22)32-26(23)28(35)33-39(36,37)15-13-31-27(34)20-9-11-30-12-10-20;1-16-14-18(15-17(2)23(16)27)36-12-5-7-20-19-6-3-4-8-21(19)30-24(20)26(33)31-38(34,35)13-11-28-25(32)22-9-10-29-37-22/h6-7,11,13,17-18,22,31-32H,3-5,8-10,12,14-16,19H2,1-2H3,(H,33,34);3-4,6,8-12,16-17,32H,5,7,13-15H2,1-2H3,(H,31,34)(H,33,35);3-4,6,8-10,14-15,30H,5,7,11-13H2,1-2H3,(H,28,32)(H,31,33). The van der Waals surface area contributed by atoms with E-state index in [0.717, 1.165) is 103 Å². The molecule has 1 atom stereocenters. The Morgan fingerprint density at radius 1 is 0.462 bits per heavy atom. The molecule has 1 aliphatic carbocycles. The molecule has 6 aromatic carbocycles. The van der Waals surface area contributed by atoms with E-state index in [1.165, 1.54) is 43.2 Å². The normalized spacial score (nSPS) is 12.7. The zero-order chi connectivity index (χ0) is 84.0. The summed E-state index contributed by atoms with van der Waals surface area (Å²) in [6.45, 7) is 12.4. The molecule has 117 heavy (non-hydrogen) atoms. The van der Waals surface area contributed by atoms with Crippen molar-refractivity contribution in [1.82, 2.24) is 54.6 Å². The molecule has 5 aromatic heterocycles. The van der Waals surface area contributed by atoms with Crippen molar-refractivity contribution in [1.29, 1.82) is 0 Å². The van der Waals surface area contributed by atoms with Gasteiger partial charge in [0.1, 0.15) is 34.3 Å².